The second kappa shape index (κ2) is 61.0. The van der Waals surface area contributed by atoms with Crippen LogP contribution < -0.4 is 0 Å². The number of nitrogens with zero attached hydrogens (tertiary/aromatic N) is 1. The number of carbonyl (C=O) groups is 3. The van der Waals surface area contributed by atoms with Crippen molar-refractivity contribution < 1.29 is 42.9 Å². The first-order chi connectivity index (χ1) is 39.6. The first kappa shape index (κ1) is 75.9. The molecular weight excluding hydrogens is 1010 g/mol. The Morgan fingerprint density at radius 3 is 1.09 bits per heavy atom. The van der Waals surface area contributed by atoms with Crippen LogP contribution in [-0.4, -0.2) is 87.4 Å². The summed E-state index contributed by atoms with van der Waals surface area (Å²) >= 11 is 0. The van der Waals surface area contributed by atoms with Crippen molar-refractivity contribution in [1.29, 1.82) is 0 Å². The van der Waals surface area contributed by atoms with Gasteiger partial charge in [-0.3, -0.25) is 9.59 Å². The summed E-state index contributed by atoms with van der Waals surface area (Å²) in [5, 5.41) is 9.71. The first-order valence-corrected chi connectivity index (χ1v) is 31.6. The topological polar surface area (TPSA) is 108 Å². The zero-order chi connectivity index (χ0) is 59.1. The van der Waals surface area contributed by atoms with E-state index in [4.69, 9.17) is 18.9 Å². The molecule has 0 aromatic heterocycles. The van der Waals surface area contributed by atoms with Crippen molar-refractivity contribution >= 4 is 17.9 Å². The van der Waals surface area contributed by atoms with E-state index in [1.165, 1.54) is 64.2 Å². The van der Waals surface area contributed by atoms with Crippen LogP contribution in [0.3, 0.4) is 0 Å². The maximum atomic E-state index is 12.9. The third-order valence-electron chi connectivity index (χ3n) is 12.8. The van der Waals surface area contributed by atoms with Gasteiger partial charge < -0.3 is 28.5 Å². The van der Waals surface area contributed by atoms with Crippen molar-refractivity contribution in [3.05, 3.63) is 158 Å². The fraction of sp³-hybridized carbons (Fsp3) is 0.597. The minimum absolute atomic E-state index is 0.170. The third-order valence-corrected chi connectivity index (χ3v) is 12.8. The SMILES string of the molecule is CC/C=C\C/C=C\C/C=C\C/C=C\C/C=C\C/C=C\C/C=C\C/C=C\C/C=C\C/C=C\C/C=C\C/C=C\CCCCC(=O)OC(COC(=O)CCCCCCCCC/C=C\CCCCCCCC)COC(OCC[N+](C)(C)C)C(=O)O. The van der Waals surface area contributed by atoms with Gasteiger partial charge in [0.25, 0.3) is 6.29 Å². The number of esters is 2. The van der Waals surface area contributed by atoms with Crippen LogP contribution in [0.2, 0.25) is 0 Å². The summed E-state index contributed by atoms with van der Waals surface area (Å²) in [6, 6.07) is 0. The van der Waals surface area contributed by atoms with Gasteiger partial charge in [-0.15, -0.1) is 0 Å². The second-order valence-corrected chi connectivity index (χ2v) is 21.6. The Balaban J connectivity index is 4.31. The highest BCUT2D eigenvalue weighted by Crippen LogP contribution is 2.13. The molecule has 0 saturated carbocycles. The van der Waals surface area contributed by atoms with E-state index < -0.39 is 24.3 Å². The summed E-state index contributed by atoms with van der Waals surface area (Å²) in [6.07, 6.45) is 87.7. The number of quaternary nitrogens is 1. The van der Waals surface area contributed by atoms with E-state index in [0.29, 0.717) is 17.4 Å². The number of carboxylic acids is 1. The summed E-state index contributed by atoms with van der Waals surface area (Å²) in [5.74, 6) is -2.09. The van der Waals surface area contributed by atoms with Crippen LogP contribution in [0, 0.1) is 0 Å². The third kappa shape index (κ3) is 62.4. The molecule has 0 radical (unpaired) electrons. The van der Waals surface area contributed by atoms with Crippen molar-refractivity contribution in [3.63, 3.8) is 0 Å². The van der Waals surface area contributed by atoms with E-state index in [0.717, 1.165) is 122 Å². The van der Waals surface area contributed by atoms with Gasteiger partial charge in [0.05, 0.1) is 34.4 Å². The fourth-order valence-electron chi connectivity index (χ4n) is 7.93. The van der Waals surface area contributed by atoms with Crippen LogP contribution in [0.25, 0.3) is 0 Å². The van der Waals surface area contributed by atoms with E-state index in [2.05, 4.69) is 172 Å². The van der Waals surface area contributed by atoms with Crippen molar-refractivity contribution in [3.8, 4) is 0 Å². The first-order valence-electron chi connectivity index (χ1n) is 31.6. The molecule has 0 bridgehead atoms. The zero-order valence-electron chi connectivity index (χ0n) is 51.9. The quantitative estimate of drug-likeness (QED) is 0.0211. The molecule has 0 aromatic rings. The minimum atomic E-state index is -1.53. The lowest BCUT2D eigenvalue weighted by Crippen LogP contribution is -2.40. The monoisotopic (exact) mass is 1120 g/mol. The molecule has 456 valence electrons. The molecule has 0 saturated heterocycles. The number of allylic oxidation sites excluding steroid dienone is 26. The van der Waals surface area contributed by atoms with Crippen LogP contribution >= 0.6 is 0 Å². The van der Waals surface area contributed by atoms with Gasteiger partial charge in [-0.25, -0.2) is 4.79 Å². The molecule has 0 aliphatic carbocycles. The number of likely N-dealkylation sites (N-methyl/N-ethyl adjacent to an activating group) is 1. The number of carboxylic acid groups (broad SMARTS) is 1. The van der Waals surface area contributed by atoms with Crippen LogP contribution in [0.15, 0.2) is 158 Å². The maximum absolute atomic E-state index is 12.9. The molecule has 2 unspecified atom stereocenters. The minimum Gasteiger partial charge on any atom is -0.477 e. The molecule has 0 amide bonds. The number of hydrogen-bond donors (Lipinski definition) is 1. The smallest absolute Gasteiger partial charge is 0.361 e. The Morgan fingerprint density at radius 1 is 0.383 bits per heavy atom. The molecular formula is C72H116NO8+. The summed E-state index contributed by atoms with van der Waals surface area (Å²) < 4.78 is 22.8. The molecule has 0 spiro atoms. The van der Waals surface area contributed by atoms with Crippen LogP contribution in [0.5, 0.6) is 0 Å². The van der Waals surface area contributed by atoms with Crippen molar-refractivity contribution in [2.45, 2.75) is 232 Å². The number of aliphatic carboxylic acids is 1. The Hall–Kier alpha value is -5.09. The van der Waals surface area contributed by atoms with Gasteiger partial charge in [0.2, 0.25) is 0 Å². The molecule has 0 rings (SSSR count). The van der Waals surface area contributed by atoms with E-state index in [-0.39, 0.29) is 38.6 Å². The summed E-state index contributed by atoms with van der Waals surface area (Å²) in [5.41, 5.74) is 0. The van der Waals surface area contributed by atoms with E-state index in [9.17, 15) is 19.5 Å². The molecule has 9 nitrogen and oxygen atoms in total. The van der Waals surface area contributed by atoms with Crippen LogP contribution in [0.4, 0.5) is 0 Å². The number of unbranched alkanes of at least 4 members (excludes halogenated alkanes) is 15. The van der Waals surface area contributed by atoms with Crippen molar-refractivity contribution in [2.75, 3.05) is 47.5 Å². The Kier molecular flexibility index (Phi) is 57.2. The average molecular weight is 1120 g/mol. The standard InChI is InChI=1S/C72H115NO8/c1-6-8-10-12-14-16-18-20-22-24-25-26-27-28-29-30-31-32-33-34-35-36-37-38-39-40-41-42-43-44-45-47-49-51-53-55-57-59-61-63-70(75)81-68(67-80-72(71(76)77)78-65-64-73(3,4)5)66-79-69(74)62-60-58-56-54-52-50-48-46-23-21-19-17-15-13-11-9-7-2/h8,10,14,16,20-23,25-26,28-29,31-32,34-35,37-38,40-41,43-44,47,49,53,55,68,72H,6-7,9,11-13,15,17-19,24,27,30,33,36,39,42,45-46,48,50-52,54,56-67H2,1-5H3/p+1/b10-8-,16-14-,22-20-,23-21-,26-25-,29-28-,32-31-,35-34-,38-37-,41-40-,44-43-,49-47-,55-53-. The zero-order valence-corrected chi connectivity index (χ0v) is 51.9. The Labute approximate surface area is 495 Å². The summed E-state index contributed by atoms with van der Waals surface area (Å²) in [4.78, 5) is 37.4. The number of rotatable bonds is 56. The van der Waals surface area contributed by atoms with Crippen molar-refractivity contribution in [1.82, 2.24) is 0 Å². The normalized spacial score (nSPS) is 13.8. The van der Waals surface area contributed by atoms with Gasteiger partial charge in [-0.1, -0.05) is 236 Å². The number of carbonyl (C=O) groups excluding carboxylic acids is 2. The lowest BCUT2D eigenvalue weighted by atomic mass is 10.1. The van der Waals surface area contributed by atoms with E-state index >= 15 is 0 Å². The largest absolute Gasteiger partial charge is 0.477 e. The molecule has 0 aromatic carbocycles. The highest BCUT2D eigenvalue weighted by atomic mass is 16.7. The predicted octanol–water partition coefficient (Wildman–Crippen LogP) is 19.3. The van der Waals surface area contributed by atoms with Gasteiger partial charge in [0.15, 0.2) is 6.10 Å². The molecule has 9 heteroatoms. The molecule has 2 atom stereocenters. The highest BCUT2D eigenvalue weighted by molar-refractivity contribution is 5.71. The van der Waals surface area contributed by atoms with Gasteiger partial charge in [-0.2, -0.15) is 0 Å². The van der Waals surface area contributed by atoms with E-state index in [1.807, 2.05) is 21.1 Å². The van der Waals surface area contributed by atoms with Gasteiger partial charge in [-0.05, 0) is 128 Å². The van der Waals surface area contributed by atoms with E-state index in [1.54, 1.807) is 0 Å². The molecule has 0 heterocycles. The Bertz CT molecular complexity index is 1880. The molecule has 0 fully saturated rings. The highest BCUT2D eigenvalue weighted by Gasteiger charge is 2.25. The van der Waals surface area contributed by atoms with Crippen LogP contribution in [0.1, 0.15) is 219 Å². The molecule has 81 heavy (non-hydrogen) atoms. The fourth-order valence-corrected chi connectivity index (χ4v) is 7.93. The molecule has 1 N–H and O–H groups in total. The lowest BCUT2D eigenvalue weighted by Gasteiger charge is -2.25. The number of ether oxygens (including phenoxy) is 4. The molecule has 0 aliphatic heterocycles. The maximum Gasteiger partial charge on any atom is 0.361 e. The average Bonchev–Trinajstić information content (AvgIpc) is 3.44. The van der Waals surface area contributed by atoms with Crippen LogP contribution in [-0.2, 0) is 33.3 Å². The van der Waals surface area contributed by atoms with Gasteiger partial charge in [0, 0.05) is 12.8 Å². The second-order valence-electron chi connectivity index (χ2n) is 21.6. The lowest BCUT2D eigenvalue weighted by molar-refractivity contribution is -0.870. The number of hydrogen-bond acceptors (Lipinski definition) is 7. The summed E-state index contributed by atoms with van der Waals surface area (Å²) in [6.45, 7) is 4.68. The Morgan fingerprint density at radius 2 is 0.704 bits per heavy atom. The van der Waals surface area contributed by atoms with Crippen molar-refractivity contribution in [2.24, 2.45) is 0 Å². The predicted molar refractivity (Wildman–Crippen MR) is 345 cm³/mol. The van der Waals surface area contributed by atoms with Gasteiger partial charge >= 0.3 is 17.9 Å². The summed E-state index contributed by atoms with van der Waals surface area (Å²) in [7, 11) is 5.94. The molecule has 0 aliphatic rings. The van der Waals surface area contributed by atoms with Gasteiger partial charge in [0.1, 0.15) is 13.2 Å².